The summed E-state index contributed by atoms with van der Waals surface area (Å²) in [5.41, 5.74) is 10.5. The van der Waals surface area contributed by atoms with E-state index in [-0.39, 0.29) is 86.4 Å². The van der Waals surface area contributed by atoms with Crippen LogP contribution in [0.3, 0.4) is 0 Å². The molecule has 0 amide bonds. The van der Waals surface area contributed by atoms with E-state index in [1.54, 1.807) is 18.2 Å². The van der Waals surface area contributed by atoms with E-state index in [0.29, 0.717) is 64.5 Å². The number of fused-ring (bicyclic) bond motifs is 9. The molecule has 5 saturated carbocycles. The van der Waals surface area contributed by atoms with Gasteiger partial charge in [0.25, 0.3) is 0 Å². The van der Waals surface area contributed by atoms with E-state index in [1.807, 2.05) is 18.5 Å². The van der Waals surface area contributed by atoms with Crippen molar-refractivity contribution in [2.75, 3.05) is 24.6 Å². The number of nitrogens with zero attached hydrogens (tertiary/aromatic N) is 1. The van der Waals surface area contributed by atoms with Crippen molar-refractivity contribution in [3.63, 3.8) is 0 Å². The van der Waals surface area contributed by atoms with Crippen LogP contribution in [0.1, 0.15) is 165 Å². The maximum absolute atomic E-state index is 13.6. The summed E-state index contributed by atoms with van der Waals surface area (Å²) in [6.45, 7) is 1.76. The number of nitrogens with one attached hydrogen (secondary N) is 5. The molecular formula is C80H92N6O6S2. The minimum atomic E-state index is -0.591. The summed E-state index contributed by atoms with van der Waals surface area (Å²) in [7, 11) is 4.26. The smallest absolute Gasteiger partial charge is 0.169 e. The van der Waals surface area contributed by atoms with Gasteiger partial charge >= 0.3 is 0 Å². The number of phenols is 5. The summed E-state index contributed by atoms with van der Waals surface area (Å²) < 4.78 is 0. The third kappa shape index (κ3) is 9.92. The zero-order valence-corrected chi connectivity index (χ0v) is 55.5. The van der Waals surface area contributed by atoms with Crippen molar-refractivity contribution in [2.45, 2.75) is 163 Å². The second-order valence-electron chi connectivity index (χ2n) is 30.8. The number of rotatable bonds is 11. The Morgan fingerprint density at radius 2 is 1.52 bits per heavy atom. The van der Waals surface area contributed by atoms with Crippen LogP contribution in [0, 0.1) is 51.8 Å². The zero-order valence-electron chi connectivity index (χ0n) is 53.9. The Bertz CT molecular complexity index is 4050. The van der Waals surface area contributed by atoms with E-state index >= 15 is 0 Å². The molecule has 6 aliphatic carbocycles. The fourth-order valence-electron chi connectivity index (χ4n) is 22.9. The highest BCUT2D eigenvalue weighted by atomic mass is 33.1. The van der Waals surface area contributed by atoms with Crippen LogP contribution < -0.4 is 16.0 Å². The lowest BCUT2D eigenvalue weighted by Gasteiger charge is -2.76. The molecule has 5 aliphatic heterocycles. The average molecular weight is 1300 g/mol. The van der Waals surface area contributed by atoms with Crippen molar-refractivity contribution in [1.82, 2.24) is 30.9 Å². The highest BCUT2D eigenvalue weighted by Crippen LogP contribution is 2.80. The highest BCUT2D eigenvalue weighted by molar-refractivity contribution is 8.76. The Kier molecular flexibility index (Phi) is 15.8. The van der Waals surface area contributed by atoms with Crippen LogP contribution in [0.2, 0.25) is 0 Å². The SMILES string of the molecule is Oc1ccc(C=Cc2c(CCc3ccc(C4CC56CC7NC(C5)C(c5ccccc5)C=C7CNCC(c5c[nH]c(CC7CCCC7)c5)CSSCC5CCC7CC6C(N4)C4(c6cnc[nH]6)C6C(O)C=CC8CCCC86CCC574)cc3)c(O)c(O)c3c(O)cccc23)cc1O. The van der Waals surface area contributed by atoms with Gasteiger partial charge < -0.3 is 56.6 Å². The summed E-state index contributed by atoms with van der Waals surface area (Å²) in [6, 6.07) is 33.4. The Hall–Kier alpha value is -6.39. The molecule has 8 bridgehead atoms. The van der Waals surface area contributed by atoms with Gasteiger partial charge in [0.1, 0.15) is 5.75 Å². The second kappa shape index (κ2) is 24.3. The van der Waals surface area contributed by atoms with Gasteiger partial charge in [0, 0.05) is 101 Å². The first-order chi connectivity index (χ1) is 45.9. The fourth-order valence-corrected chi connectivity index (χ4v) is 25.8. The van der Waals surface area contributed by atoms with Gasteiger partial charge in [0.15, 0.2) is 23.0 Å². The Morgan fingerprint density at radius 3 is 2.36 bits per heavy atom. The standard InChI is InChI=1S/C80H92N6O6S2/c87-67-27-19-49(33-70(67)90)18-25-59-60-13-6-14-68(88)72(60)74(92)73(91)61(59)26-17-47-15-20-51(21-16-47)64-37-77-38-65-53(35-62(66(39-77)85-65)50-10-2-1-3-11-50)40-81-41-54(52-34-58(83-42-52)32-48-8-4-5-9-48)44-93-94-45-57-23-22-56-36-63(77)76(86-64)80(71-43-82-46-84-71)75-69(89)28-24-55-12-7-29-78(55,75)30-31-79(56,57)80/h1-3,6,10-11,13-16,18-21,24-25,27-28,33-35,42-43,46,48,54-57,62-66,69,75-76,81,83,85-92H,4-5,7-9,12,17,22-23,26,29-32,36-41,44-45H2,(H,82,84). The Labute approximate surface area is 560 Å². The van der Waals surface area contributed by atoms with Crippen molar-refractivity contribution >= 4 is 44.5 Å². The van der Waals surface area contributed by atoms with Gasteiger partial charge in [0.2, 0.25) is 0 Å². The molecule has 2 aromatic heterocycles. The second-order valence-corrected chi connectivity index (χ2v) is 33.3. The van der Waals surface area contributed by atoms with Gasteiger partial charge in [0.05, 0.1) is 17.8 Å². The molecule has 12 nitrogen and oxygen atoms in total. The molecule has 14 heteroatoms. The molecule has 4 saturated heterocycles. The van der Waals surface area contributed by atoms with Crippen LogP contribution in [0.25, 0.3) is 22.9 Å². The van der Waals surface area contributed by atoms with Crippen LogP contribution in [-0.4, -0.2) is 94.4 Å². The first kappa shape index (κ1) is 61.2. The predicted octanol–water partition coefficient (Wildman–Crippen LogP) is 15.2. The lowest BCUT2D eigenvalue weighted by Crippen LogP contribution is -2.79. The van der Waals surface area contributed by atoms with Gasteiger partial charge in [-0.15, -0.1) is 0 Å². The number of allylic oxidation sites excluding steroid dienone is 1. The average Bonchev–Trinajstić information content (AvgIpc) is 1.19. The van der Waals surface area contributed by atoms with Crippen LogP contribution in [0.5, 0.6) is 28.7 Å². The number of hydrogen-bond acceptors (Lipinski definition) is 12. The molecule has 3 spiro atoms. The van der Waals surface area contributed by atoms with Crippen molar-refractivity contribution < 1.29 is 30.6 Å². The molecule has 7 aromatic rings. The van der Waals surface area contributed by atoms with Gasteiger partial charge in [-0.1, -0.05) is 157 Å². The molecule has 490 valence electrons. The van der Waals surface area contributed by atoms with Crippen LogP contribution >= 0.6 is 21.6 Å². The number of H-pyrrole nitrogens is 2. The van der Waals surface area contributed by atoms with Crippen molar-refractivity contribution in [3.8, 4) is 28.7 Å². The molecule has 16 atom stereocenters. The number of aromatic amines is 2. The molecule has 11 N–H and O–H groups in total. The van der Waals surface area contributed by atoms with Gasteiger partial charge in [-0.05, 0) is 198 Å². The summed E-state index contributed by atoms with van der Waals surface area (Å²) in [6.07, 6.45) is 37.2. The van der Waals surface area contributed by atoms with Crippen molar-refractivity contribution in [2.24, 2.45) is 51.8 Å². The van der Waals surface area contributed by atoms with E-state index in [9.17, 15) is 30.6 Å². The topological polar surface area (TPSA) is 202 Å². The number of phenolic OH excluding ortho intramolecular Hbond substituents is 5. The zero-order chi connectivity index (χ0) is 63.5. The molecule has 94 heavy (non-hydrogen) atoms. The number of hydrogen-bond donors (Lipinski definition) is 11. The molecule has 5 aromatic carbocycles. The minimum absolute atomic E-state index is 0.00487. The van der Waals surface area contributed by atoms with Crippen molar-refractivity contribution in [3.05, 3.63) is 190 Å². The van der Waals surface area contributed by atoms with E-state index < -0.39 is 11.5 Å². The van der Waals surface area contributed by atoms with Gasteiger partial charge in [-0.3, -0.25) is 0 Å². The molecule has 0 radical (unpaired) electrons. The quantitative estimate of drug-likeness (QED) is 0.0254. The maximum atomic E-state index is 13.6. The van der Waals surface area contributed by atoms with E-state index in [2.05, 4.69) is 133 Å². The largest absolute Gasteiger partial charge is 0.507 e. The van der Waals surface area contributed by atoms with E-state index in [1.165, 1.54) is 122 Å². The third-order valence-corrected chi connectivity index (χ3v) is 29.3. The molecule has 11 aliphatic rings. The summed E-state index contributed by atoms with van der Waals surface area (Å²) in [5, 5.41) is 82.7. The van der Waals surface area contributed by atoms with E-state index in [4.69, 9.17) is 10.3 Å². The number of imidazole rings is 1. The number of benzene rings is 5. The number of aromatic hydroxyl groups is 5. The highest BCUT2D eigenvalue weighted by Gasteiger charge is 2.80. The number of aliphatic hydroxyl groups excluding tert-OH is 1. The van der Waals surface area contributed by atoms with Crippen LogP contribution in [0.15, 0.2) is 140 Å². The van der Waals surface area contributed by atoms with Crippen LogP contribution in [0.4, 0.5) is 0 Å². The number of aryl methyl sites for hydroxylation is 1. The summed E-state index contributed by atoms with van der Waals surface area (Å²) in [4.78, 5) is 12.9. The Morgan fingerprint density at radius 1 is 0.681 bits per heavy atom. The molecule has 16 unspecified atom stereocenters. The molecule has 7 heterocycles. The lowest BCUT2D eigenvalue weighted by atomic mass is 9.30. The normalized spacial score (nSPS) is 35.4. The molecule has 18 rings (SSSR count). The van der Waals surface area contributed by atoms with Crippen LogP contribution in [-0.2, 0) is 24.7 Å². The third-order valence-electron chi connectivity index (χ3n) is 26.7. The monoisotopic (exact) mass is 1300 g/mol. The number of piperidine rings is 2. The molecule has 9 fully saturated rings. The minimum Gasteiger partial charge on any atom is -0.507 e. The fraction of sp³-hybridized carbons (Fsp3) is 0.487. The van der Waals surface area contributed by atoms with Crippen molar-refractivity contribution in [1.29, 1.82) is 0 Å². The van der Waals surface area contributed by atoms with Gasteiger partial charge in [-0.2, -0.15) is 0 Å². The first-order valence-electron chi connectivity index (χ1n) is 35.7. The number of aliphatic hydroxyl groups is 1. The predicted molar refractivity (Wildman–Crippen MR) is 377 cm³/mol. The lowest BCUT2D eigenvalue weighted by molar-refractivity contribution is -0.228. The summed E-state index contributed by atoms with van der Waals surface area (Å²) in [5.74, 6) is 4.01. The van der Waals surface area contributed by atoms with Gasteiger partial charge in [-0.25, -0.2) is 4.98 Å². The molecular weight excluding hydrogens is 1210 g/mol. The maximum Gasteiger partial charge on any atom is 0.169 e. The summed E-state index contributed by atoms with van der Waals surface area (Å²) >= 11 is 0. The Balaban J connectivity index is 0.785. The first-order valence-corrected chi connectivity index (χ1v) is 38.1. The number of aromatic nitrogens is 3. The van der Waals surface area contributed by atoms with E-state index in [0.717, 1.165) is 68.2 Å².